The van der Waals surface area contributed by atoms with Crippen molar-refractivity contribution in [1.29, 1.82) is 0 Å². The van der Waals surface area contributed by atoms with Crippen molar-refractivity contribution in [3.05, 3.63) is 64.7 Å². The van der Waals surface area contributed by atoms with Gasteiger partial charge in [-0.15, -0.1) is 0 Å². The highest BCUT2D eigenvalue weighted by Gasteiger charge is 2.38. The molecule has 2 aliphatic heterocycles. The summed E-state index contributed by atoms with van der Waals surface area (Å²) in [4.78, 5) is 2.80. The molecule has 4 nitrogen and oxygen atoms in total. The maximum absolute atomic E-state index is 13.0. The molecular weight excluding hydrogens is 368 g/mol. The van der Waals surface area contributed by atoms with Gasteiger partial charge in [-0.3, -0.25) is 4.90 Å². The van der Waals surface area contributed by atoms with Crippen LogP contribution in [0.3, 0.4) is 0 Å². The molecule has 2 atom stereocenters. The van der Waals surface area contributed by atoms with E-state index in [9.17, 15) is 8.42 Å². The number of fused-ring (bicyclic) bond motifs is 3. The molecule has 138 valence electrons. The molecule has 2 unspecified atom stereocenters. The van der Waals surface area contributed by atoms with Crippen LogP contribution in [0.25, 0.3) is 0 Å². The lowest BCUT2D eigenvalue weighted by atomic mass is 9.85. The second-order valence-corrected chi connectivity index (χ2v) is 9.59. The first-order chi connectivity index (χ1) is 12.5. The Morgan fingerprint density at radius 3 is 2.58 bits per heavy atom. The standard InChI is InChI=1S/C20H23ClN2O2S/c1-22(26(24,25)18-8-6-16(21)7-9-18)17-11-13-23-12-10-15-4-2-3-5-19(15)20(23)14-17/h2-9,17,20H,10-14H2,1H3. The minimum Gasteiger partial charge on any atom is -0.296 e. The molecule has 1 saturated heterocycles. The fraction of sp³-hybridized carbons (Fsp3) is 0.400. The molecule has 2 aliphatic rings. The third kappa shape index (κ3) is 3.18. The second kappa shape index (κ2) is 6.97. The van der Waals surface area contributed by atoms with E-state index in [0.29, 0.717) is 16.0 Å². The van der Waals surface area contributed by atoms with Crippen molar-refractivity contribution in [2.24, 2.45) is 0 Å². The van der Waals surface area contributed by atoms with Crippen molar-refractivity contribution in [2.75, 3.05) is 20.1 Å². The molecule has 0 bridgehead atoms. The molecule has 0 N–H and O–H groups in total. The lowest BCUT2D eigenvalue weighted by molar-refractivity contribution is 0.0969. The van der Waals surface area contributed by atoms with E-state index in [-0.39, 0.29) is 6.04 Å². The van der Waals surface area contributed by atoms with E-state index in [0.717, 1.165) is 32.4 Å². The van der Waals surface area contributed by atoms with Crippen LogP contribution in [-0.4, -0.2) is 43.8 Å². The fourth-order valence-corrected chi connectivity index (χ4v) is 5.76. The number of sulfonamides is 1. The Bertz CT molecular complexity index is 898. The van der Waals surface area contributed by atoms with Gasteiger partial charge in [0.05, 0.1) is 4.90 Å². The minimum atomic E-state index is -3.51. The fourth-order valence-electron chi connectivity index (χ4n) is 4.24. The van der Waals surface area contributed by atoms with E-state index in [1.807, 2.05) is 0 Å². The van der Waals surface area contributed by atoms with Crippen molar-refractivity contribution in [3.8, 4) is 0 Å². The highest BCUT2D eigenvalue weighted by atomic mass is 35.5. The highest BCUT2D eigenvalue weighted by molar-refractivity contribution is 7.89. The third-order valence-electron chi connectivity index (χ3n) is 5.77. The van der Waals surface area contributed by atoms with E-state index in [2.05, 4.69) is 29.2 Å². The Hall–Kier alpha value is -1.40. The smallest absolute Gasteiger partial charge is 0.243 e. The van der Waals surface area contributed by atoms with Gasteiger partial charge >= 0.3 is 0 Å². The van der Waals surface area contributed by atoms with Crippen molar-refractivity contribution < 1.29 is 8.42 Å². The zero-order valence-corrected chi connectivity index (χ0v) is 16.4. The van der Waals surface area contributed by atoms with E-state index in [1.54, 1.807) is 35.6 Å². The molecule has 0 amide bonds. The molecule has 2 heterocycles. The Kier molecular flexibility index (Phi) is 4.82. The van der Waals surface area contributed by atoms with Gasteiger partial charge in [-0.1, -0.05) is 35.9 Å². The lowest BCUT2D eigenvalue weighted by Crippen LogP contribution is -2.48. The molecular formula is C20H23ClN2O2S. The molecule has 2 aromatic carbocycles. The predicted molar refractivity (Wildman–Crippen MR) is 104 cm³/mol. The summed E-state index contributed by atoms with van der Waals surface area (Å²) >= 11 is 5.90. The quantitative estimate of drug-likeness (QED) is 0.801. The van der Waals surface area contributed by atoms with Gasteiger partial charge in [-0.05, 0) is 54.7 Å². The minimum absolute atomic E-state index is 0.00286. The number of nitrogens with zero attached hydrogens (tertiary/aromatic N) is 2. The Morgan fingerprint density at radius 2 is 1.81 bits per heavy atom. The van der Waals surface area contributed by atoms with Gasteiger partial charge in [-0.25, -0.2) is 8.42 Å². The van der Waals surface area contributed by atoms with Crippen molar-refractivity contribution in [1.82, 2.24) is 9.21 Å². The maximum atomic E-state index is 13.0. The first-order valence-corrected chi connectivity index (χ1v) is 10.8. The first kappa shape index (κ1) is 18.0. The van der Waals surface area contributed by atoms with Crippen molar-refractivity contribution >= 4 is 21.6 Å². The zero-order valence-electron chi connectivity index (χ0n) is 14.8. The number of rotatable bonds is 3. The van der Waals surface area contributed by atoms with Crippen LogP contribution in [0.5, 0.6) is 0 Å². The summed E-state index contributed by atoms with van der Waals surface area (Å²) in [7, 11) is -1.81. The summed E-state index contributed by atoms with van der Waals surface area (Å²) in [5, 5.41) is 0.540. The molecule has 6 heteroatoms. The van der Waals surface area contributed by atoms with Crippen LogP contribution >= 0.6 is 11.6 Å². The predicted octanol–water partition coefficient (Wildman–Crippen LogP) is 3.72. The lowest BCUT2D eigenvalue weighted by Gasteiger charge is -2.45. The Balaban J connectivity index is 1.59. The second-order valence-electron chi connectivity index (χ2n) is 7.15. The average molecular weight is 391 g/mol. The largest absolute Gasteiger partial charge is 0.296 e. The van der Waals surface area contributed by atoms with Gasteiger partial charge in [0.25, 0.3) is 0 Å². The van der Waals surface area contributed by atoms with Gasteiger partial charge in [0.2, 0.25) is 10.0 Å². The van der Waals surface area contributed by atoms with E-state index in [4.69, 9.17) is 11.6 Å². The summed E-state index contributed by atoms with van der Waals surface area (Å²) in [6.07, 6.45) is 2.78. The third-order valence-corrected chi connectivity index (χ3v) is 7.95. The normalized spacial score (nSPS) is 23.5. The number of hydrogen-bond donors (Lipinski definition) is 0. The summed E-state index contributed by atoms with van der Waals surface area (Å²) in [6.45, 7) is 1.99. The van der Waals surface area contributed by atoms with Crippen molar-refractivity contribution in [2.45, 2.75) is 36.2 Å². The SMILES string of the molecule is CN(C1CCN2CCc3ccccc3C2C1)S(=O)(=O)c1ccc(Cl)cc1. The molecule has 4 rings (SSSR count). The van der Waals surface area contributed by atoms with Gasteiger partial charge in [0.15, 0.2) is 0 Å². The number of hydrogen-bond acceptors (Lipinski definition) is 3. The van der Waals surface area contributed by atoms with Gasteiger partial charge in [0, 0.05) is 37.2 Å². The van der Waals surface area contributed by atoms with E-state index < -0.39 is 10.0 Å². The van der Waals surface area contributed by atoms with Crippen LogP contribution in [0.1, 0.15) is 30.0 Å². The molecule has 0 spiro atoms. The average Bonchev–Trinajstić information content (AvgIpc) is 2.67. The topological polar surface area (TPSA) is 40.6 Å². The summed E-state index contributed by atoms with van der Waals surface area (Å²) in [5.74, 6) is 0. The Morgan fingerprint density at radius 1 is 1.08 bits per heavy atom. The molecule has 0 aromatic heterocycles. The monoisotopic (exact) mass is 390 g/mol. The van der Waals surface area contributed by atoms with Crippen LogP contribution in [-0.2, 0) is 16.4 Å². The highest BCUT2D eigenvalue weighted by Crippen LogP contribution is 2.38. The maximum Gasteiger partial charge on any atom is 0.243 e. The first-order valence-electron chi connectivity index (χ1n) is 9.02. The summed E-state index contributed by atoms with van der Waals surface area (Å²) in [5.41, 5.74) is 2.76. The molecule has 2 aromatic rings. The molecule has 0 radical (unpaired) electrons. The molecule has 0 saturated carbocycles. The van der Waals surface area contributed by atoms with Crippen LogP contribution < -0.4 is 0 Å². The molecule has 0 aliphatic carbocycles. The zero-order chi connectivity index (χ0) is 18.3. The van der Waals surface area contributed by atoms with E-state index in [1.165, 1.54) is 11.1 Å². The summed E-state index contributed by atoms with van der Waals surface area (Å²) in [6, 6.07) is 15.3. The van der Waals surface area contributed by atoms with Crippen molar-refractivity contribution in [3.63, 3.8) is 0 Å². The van der Waals surface area contributed by atoms with Crippen LogP contribution in [0.4, 0.5) is 0 Å². The number of benzene rings is 2. The van der Waals surface area contributed by atoms with Crippen LogP contribution in [0.15, 0.2) is 53.4 Å². The molecule has 1 fully saturated rings. The van der Waals surface area contributed by atoms with Crippen LogP contribution in [0, 0.1) is 0 Å². The van der Waals surface area contributed by atoms with E-state index >= 15 is 0 Å². The van der Waals surface area contributed by atoms with Gasteiger partial charge < -0.3 is 0 Å². The number of halogens is 1. The summed E-state index contributed by atoms with van der Waals surface area (Å²) < 4.78 is 27.6. The van der Waals surface area contributed by atoms with Gasteiger partial charge in [0.1, 0.15) is 0 Å². The van der Waals surface area contributed by atoms with Gasteiger partial charge in [-0.2, -0.15) is 4.31 Å². The Labute approximate surface area is 160 Å². The van der Waals surface area contributed by atoms with Crippen LogP contribution in [0.2, 0.25) is 5.02 Å². The molecule has 26 heavy (non-hydrogen) atoms. The number of piperidine rings is 1.